The first kappa shape index (κ1) is 31.1. The molecule has 4 amide bonds. The first-order chi connectivity index (χ1) is 22.2. The SMILES string of the molecule is COc1nc(-c2cccc(-c3cccc(NC(=O)C4=CN(C)C(=O)N(C)C4)c3C#N)c2Cl)cc2c1[C@@H](NC[C@@H]1CCC(=O)N1)CC2. The number of nitrogens with one attached hydrogen (secondary N) is 3. The van der Waals surface area contributed by atoms with Crippen LogP contribution in [-0.2, 0) is 16.0 Å². The minimum Gasteiger partial charge on any atom is -0.481 e. The van der Waals surface area contributed by atoms with Crippen LogP contribution in [0.3, 0.4) is 0 Å². The van der Waals surface area contributed by atoms with E-state index in [0.29, 0.717) is 57.5 Å². The van der Waals surface area contributed by atoms with E-state index in [0.717, 1.165) is 30.4 Å². The summed E-state index contributed by atoms with van der Waals surface area (Å²) < 4.78 is 5.78. The summed E-state index contributed by atoms with van der Waals surface area (Å²) in [5.74, 6) is 0.212. The molecule has 3 heterocycles. The Kier molecular flexibility index (Phi) is 8.67. The van der Waals surface area contributed by atoms with E-state index >= 15 is 0 Å². The van der Waals surface area contributed by atoms with Crippen LogP contribution >= 0.6 is 11.6 Å². The maximum atomic E-state index is 13.2. The number of nitrogens with zero attached hydrogens (tertiary/aromatic N) is 4. The van der Waals surface area contributed by atoms with Gasteiger partial charge < -0.3 is 30.5 Å². The largest absolute Gasteiger partial charge is 0.481 e. The van der Waals surface area contributed by atoms with Crippen LogP contribution in [0.25, 0.3) is 22.4 Å². The number of nitriles is 1. The molecule has 46 heavy (non-hydrogen) atoms. The molecule has 12 heteroatoms. The van der Waals surface area contributed by atoms with Crippen LogP contribution in [0.1, 0.15) is 42.0 Å². The lowest BCUT2D eigenvalue weighted by Gasteiger charge is -2.29. The lowest BCUT2D eigenvalue weighted by molar-refractivity contribution is -0.119. The number of pyridine rings is 1. The number of hydrogen-bond acceptors (Lipinski definition) is 7. The molecule has 6 rings (SSSR count). The molecule has 11 nitrogen and oxygen atoms in total. The van der Waals surface area contributed by atoms with E-state index in [9.17, 15) is 19.6 Å². The van der Waals surface area contributed by atoms with Crippen LogP contribution in [0.15, 0.2) is 54.2 Å². The predicted molar refractivity (Wildman–Crippen MR) is 174 cm³/mol. The summed E-state index contributed by atoms with van der Waals surface area (Å²) in [6, 6.07) is 15.0. The zero-order valence-electron chi connectivity index (χ0n) is 25.8. The predicted octanol–water partition coefficient (Wildman–Crippen LogP) is 4.62. The van der Waals surface area contributed by atoms with Crippen molar-refractivity contribution < 1.29 is 19.1 Å². The Morgan fingerprint density at radius 2 is 1.89 bits per heavy atom. The number of benzene rings is 2. The molecule has 3 N–H and O–H groups in total. The van der Waals surface area contributed by atoms with Crippen LogP contribution < -0.4 is 20.7 Å². The highest BCUT2D eigenvalue weighted by Crippen LogP contribution is 2.43. The first-order valence-electron chi connectivity index (χ1n) is 15.1. The number of carbonyl (C=O) groups is 3. The molecule has 1 fully saturated rings. The molecule has 1 saturated heterocycles. The van der Waals surface area contributed by atoms with Crippen LogP contribution in [0.4, 0.5) is 10.5 Å². The van der Waals surface area contributed by atoms with Crippen molar-refractivity contribution in [1.29, 1.82) is 5.26 Å². The smallest absolute Gasteiger partial charge is 0.323 e. The summed E-state index contributed by atoms with van der Waals surface area (Å²) in [5, 5.41) is 20.1. The third kappa shape index (κ3) is 5.89. The number of carbonyl (C=O) groups excluding carboxylic acids is 3. The van der Waals surface area contributed by atoms with Gasteiger partial charge in [0.15, 0.2) is 0 Å². The van der Waals surface area contributed by atoms with Gasteiger partial charge in [-0.2, -0.15) is 5.26 Å². The van der Waals surface area contributed by atoms with E-state index in [-0.39, 0.29) is 36.1 Å². The van der Waals surface area contributed by atoms with Crippen molar-refractivity contribution in [3.8, 4) is 34.3 Å². The highest BCUT2D eigenvalue weighted by molar-refractivity contribution is 6.36. The van der Waals surface area contributed by atoms with Gasteiger partial charge in [-0.3, -0.25) is 9.59 Å². The Bertz CT molecular complexity index is 1820. The van der Waals surface area contributed by atoms with Gasteiger partial charge in [0.25, 0.3) is 5.91 Å². The van der Waals surface area contributed by atoms with Gasteiger partial charge in [-0.25, -0.2) is 9.78 Å². The normalized spacial score (nSPS) is 19.0. The van der Waals surface area contributed by atoms with Gasteiger partial charge in [0, 0.05) is 67.6 Å². The molecule has 1 aliphatic carbocycles. The van der Waals surface area contributed by atoms with Gasteiger partial charge in [0.05, 0.1) is 41.2 Å². The quantitative estimate of drug-likeness (QED) is 0.327. The third-order valence-electron chi connectivity index (χ3n) is 8.72. The summed E-state index contributed by atoms with van der Waals surface area (Å²) in [4.78, 5) is 44.5. The monoisotopic (exact) mass is 639 g/mol. The molecule has 3 aliphatic rings. The highest BCUT2D eigenvalue weighted by atomic mass is 35.5. The van der Waals surface area contributed by atoms with Crippen LogP contribution in [0, 0.1) is 11.3 Å². The van der Waals surface area contributed by atoms with E-state index in [1.807, 2.05) is 24.3 Å². The van der Waals surface area contributed by atoms with Crippen LogP contribution in [-0.4, -0.2) is 73.0 Å². The van der Waals surface area contributed by atoms with Crippen molar-refractivity contribution in [3.63, 3.8) is 0 Å². The van der Waals surface area contributed by atoms with Gasteiger partial charge in [0.2, 0.25) is 11.8 Å². The van der Waals surface area contributed by atoms with Crippen molar-refractivity contribution in [2.24, 2.45) is 0 Å². The number of likely N-dealkylation sites (N-methyl/N-ethyl adjacent to an activating group) is 1. The standard InChI is InChI=1S/C34H34ClN7O4/c1-41-17-20(18-42(2)34(41)45)32(44)39-26-9-5-6-22(25(26)15-36)23-7-4-8-24(31(23)35)28-14-19-10-12-27(30(19)33(40-28)46-3)37-16-21-11-13-29(43)38-21/h4-9,14,17,21,27,37H,10-13,16,18H2,1-3H3,(H,38,43)(H,39,44)/t21-,27-/m0/s1. The van der Waals surface area contributed by atoms with Crippen molar-refractivity contribution in [2.45, 2.75) is 37.8 Å². The van der Waals surface area contributed by atoms with Gasteiger partial charge in [-0.15, -0.1) is 0 Å². The van der Waals surface area contributed by atoms with Gasteiger partial charge in [0.1, 0.15) is 6.07 Å². The molecule has 0 spiro atoms. The number of hydrogen-bond donors (Lipinski definition) is 3. The zero-order chi connectivity index (χ0) is 32.5. The number of methoxy groups -OCH3 is 1. The second-order valence-corrected chi connectivity index (χ2v) is 12.1. The highest BCUT2D eigenvalue weighted by Gasteiger charge is 2.31. The van der Waals surface area contributed by atoms with Crippen molar-refractivity contribution >= 4 is 35.1 Å². The van der Waals surface area contributed by atoms with Gasteiger partial charge >= 0.3 is 6.03 Å². The number of aromatic nitrogens is 1. The summed E-state index contributed by atoms with van der Waals surface area (Å²) in [5.41, 5.74) is 5.64. The lowest BCUT2D eigenvalue weighted by Crippen LogP contribution is -2.43. The molecular weight excluding hydrogens is 606 g/mol. The summed E-state index contributed by atoms with van der Waals surface area (Å²) in [6.45, 7) is 0.831. The number of rotatable bonds is 8. The molecule has 2 atom stereocenters. The molecule has 3 aromatic rings. The fraction of sp³-hybridized carbons (Fsp3) is 0.324. The summed E-state index contributed by atoms with van der Waals surface area (Å²) in [6.07, 6.45) is 4.61. The Hall–Kier alpha value is -4.92. The summed E-state index contributed by atoms with van der Waals surface area (Å²) in [7, 11) is 4.81. The second kappa shape index (κ2) is 12.8. The number of amides is 4. The second-order valence-electron chi connectivity index (χ2n) is 11.8. The van der Waals surface area contributed by atoms with E-state index in [4.69, 9.17) is 21.3 Å². The molecule has 0 radical (unpaired) electrons. The van der Waals surface area contributed by atoms with E-state index in [1.165, 1.54) is 16.0 Å². The number of urea groups is 1. The van der Waals surface area contributed by atoms with Gasteiger partial charge in [-0.1, -0.05) is 41.9 Å². The Morgan fingerprint density at radius 1 is 1.13 bits per heavy atom. The lowest BCUT2D eigenvalue weighted by atomic mass is 9.95. The maximum Gasteiger partial charge on any atom is 0.323 e. The molecule has 2 aliphatic heterocycles. The van der Waals surface area contributed by atoms with Gasteiger partial charge in [-0.05, 0) is 37.0 Å². The zero-order valence-corrected chi connectivity index (χ0v) is 26.6. The number of fused-ring (bicyclic) bond motifs is 1. The van der Waals surface area contributed by atoms with E-state index in [1.54, 1.807) is 39.4 Å². The third-order valence-corrected chi connectivity index (χ3v) is 9.12. The minimum atomic E-state index is -0.407. The molecule has 0 bridgehead atoms. The number of aryl methyl sites for hydroxylation is 1. The Labute approximate surface area is 272 Å². The van der Waals surface area contributed by atoms with Crippen LogP contribution in [0.2, 0.25) is 5.02 Å². The first-order valence-corrected chi connectivity index (χ1v) is 15.5. The number of ether oxygens (including phenoxy) is 1. The topological polar surface area (TPSA) is 140 Å². The molecule has 236 valence electrons. The molecule has 0 saturated carbocycles. The van der Waals surface area contributed by atoms with E-state index < -0.39 is 5.91 Å². The number of halogens is 1. The average molecular weight is 640 g/mol. The molecule has 0 unspecified atom stereocenters. The Morgan fingerprint density at radius 3 is 2.61 bits per heavy atom. The Balaban J connectivity index is 1.29. The number of anilines is 1. The average Bonchev–Trinajstić information content (AvgIpc) is 3.67. The van der Waals surface area contributed by atoms with E-state index in [2.05, 4.69) is 22.0 Å². The van der Waals surface area contributed by atoms with Crippen molar-refractivity contribution in [1.82, 2.24) is 25.4 Å². The maximum absolute atomic E-state index is 13.2. The summed E-state index contributed by atoms with van der Waals surface area (Å²) >= 11 is 7.07. The minimum absolute atomic E-state index is 0.0626. The fourth-order valence-electron chi connectivity index (χ4n) is 6.41. The van der Waals surface area contributed by atoms with Crippen molar-refractivity contribution in [2.75, 3.05) is 39.6 Å². The fourth-order valence-corrected chi connectivity index (χ4v) is 6.74. The molecule has 1 aromatic heterocycles. The van der Waals surface area contributed by atoms with Crippen LogP contribution in [0.5, 0.6) is 5.88 Å². The molecular formula is C34H34ClN7O4. The van der Waals surface area contributed by atoms with Crippen molar-refractivity contribution in [3.05, 3.63) is 76.0 Å². The molecule has 2 aromatic carbocycles.